The third kappa shape index (κ3) is 3.39. The van der Waals surface area contributed by atoms with Crippen molar-refractivity contribution in [1.82, 2.24) is 4.57 Å². The Balaban J connectivity index is 2.09. The number of alkyl halides is 3. The van der Waals surface area contributed by atoms with Crippen molar-refractivity contribution < 1.29 is 18.3 Å². The summed E-state index contributed by atoms with van der Waals surface area (Å²) in [5.74, 6) is 0. The number of hydrogen-bond acceptors (Lipinski definition) is 2. The lowest BCUT2D eigenvalue weighted by molar-refractivity contribution is -0.206. The molecule has 0 aromatic carbocycles. The molecule has 0 aliphatic heterocycles. The van der Waals surface area contributed by atoms with Crippen LogP contribution in [-0.4, -0.2) is 15.8 Å². The van der Waals surface area contributed by atoms with Crippen LogP contribution >= 0.6 is 11.3 Å². The van der Waals surface area contributed by atoms with E-state index in [0.717, 1.165) is 11.3 Å². The van der Waals surface area contributed by atoms with Crippen molar-refractivity contribution in [2.24, 2.45) is 0 Å². The fraction of sp³-hybridized carbons (Fsp3) is 0.385. The van der Waals surface area contributed by atoms with Gasteiger partial charge in [-0.1, -0.05) is 6.92 Å². The minimum Gasteiger partial charge on any atom is -0.379 e. The van der Waals surface area contributed by atoms with Gasteiger partial charge >= 0.3 is 6.18 Å². The molecular formula is C13H14F3NOS. The van der Waals surface area contributed by atoms with E-state index in [2.05, 4.69) is 6.92 Å². The van der Waals surface area contributed by atoms with Crippen molar-refractivity contribution in [3.05, 3.63) is 45.9 Å². The minimum atomic E-state index is -4.62. The second-order valence-electron chi connectivity index (χ2n) is 4.28. The Morgan fingerprint density at radius 3 is 2.53 bits per heavy atom. The predicted molar refractivity (Wildman–Crippen MR) is 68.2 cm³/mol. The molecule has 2 heterocycles. The maximum Gasteiger partial charge on any atom is 0.418 e. The van der Waals surface area contributed by atoms with Crippen LogP contribution in [-0.2, 0) is 13.0 Å². The van der Waals surface area contributed by atoms with Crippen LogP contribution in [0.5, 0.6) is 0 Å². The molecule has 0 saturated heterocycles. The van der Waals surface area contributed by atoms with Gasteiger partial charge in [0, 0.05) is 27.7 Å². The van der Waals surface area contributed by atoms with Crippen LogP contribution in [0.4, 0.5) is 13.2 Å². The van der Waals surface area contributed by atoms with E-state index in [9.17, 15) is 13.2 Å². The average Bonchev–Trinajstić information content (AvgIpc) is 2.96. The van der Waals surface area contributed by atoms with Crippen LogP contribution in [0, 0.1) is 0 Å². The molecule has 0 saturated carbocycles. The highest BCUT2D eigenvalue weighted by Crippen LogP contribution is 2.32. The summed E-state index contributed by atoms with van der Waals surface area (Å²) in [7, 11) is 0. The van der Waals surface area contributed by atoms with Crippen molar-refractivity contribution in [1.29, 1.82) is 0 Å². The highest BCUT2D eigenvalue weighted by Gasteiger charge is 2.39. The smallest absolute Gasteiger partial charge is 0.379 e. The second-order valence-corrected chi connectivity index (χ2v) is 5.54. The van der Waals surface area contributed by atoms with Gasteiger partial charge in [0.1, 0.15) is 0 Å². The van der Waals surface area contributed by atoms with Gasteiger partial charge in [-0.15, -0.1) is 11.3 Å². The summed E-state index contributed by atoms with van der Waals surface area (Å²) in [4.78, 5) is 2.33. The standard InChI is InChI=1S/C13H14F3NOS/c1-2-10-3-4-11(19-10)8-17-6-5-9(7-17)12(18)13(14,15)16/h3-7,12,18H,2,8H2,1H3. The maximum atomic E-state index is 12.4. The van der Waals surface area contributed by atoms with Crippen LogP contribution in [0.25, 0.3) is 0 Å². The van der Waals surface area contributed by atoms with Crippen molar-refractivity contribution >= 4 is 11.3 Å². The Morgan fingerprint density at radius 1 is 1.26 bits per heavy atom. The lowest BCUT2D eigenvalue weighted by atomic mass is 10.2. The van der Waals surface area contributed by atoms with Crippen LogP contribution in [0.2, 0.25) is 0 Å². The topological polar surface area (TPSA) is 25.2 Å². The summed E-state index contributed by atoms with van der Waals surface area (Å²) in [6.45, 7) is 2.58. The molecule has 0 spiro atoms. The van der Waals surface area contributed by atoms with Gasteiger partial charge in [-0.2, -0.15) is 13.2 Å². The molecule has 104 valence electrons. The molecular weight excluding hydrogens is 275 g/mol. The van der Waals surface area contributed by atoms with E-state index in [1.807, 2.05) is 12.1 Å². The normalized spacial score (nSPS) is 13.7. The van der Waals surface area contributed by atoms with Gasteiger partial charge in [0.05, 0.1) is 6.54 Å². The molecule has 2 rings (SSSR count). The third-order valence-corrected chi connectivity index (χ3v) is 4.02. The van der Waals surface area contributed by atoms with Crippen molar-refractivity contribution in [3.8, 4) is 0 Å². The maximum absolute atomic E-state index is 12.4. The number of aryl methyl sites for hydroxylation is 1. The van der Waals surface area contributed by atoms with E-state index in [0.29, 0.717) is 6.54 Å². The molecule has 2 aromatic rings. The highest BCUT2D eigenvalue weighted by molar-refractivity contribution is 7.11. The summed E-state index contributed by atoms with van der Waals surface area (Å²) in [6.07, 6.45) is -3.19. The second kappa shape index (κ2) is 5.38. The number of aromatic nitrogens is 1. The number of rotatable bonds is 4. The van der Waals surface area contributed by atoms with Crippen molar-refractivity contribution in [3.63, 3.8) is 0 Å². The van der Waals surface area contributed by atoms with Gasteiger partial charge in [-0.3, -0.25) is 0 Å². The fourth-order valence-electron chi connectivity index (χ4n) is 1.79. The molecule has 1 N–H and O–H groups in total. The van der Waals surface area contributed by atoms with Crippen LogP contribution < -0.4 is 0 Å². The zero-order valence-electron chi connectivity index (χ0n) is 10.3. The Bertz CT molecular complexity index is 544. The first kappa shape index (κ1) is 14.1. The van der Waals surface area contributed by atoms with Gasteiger partial charge in [0.15, 0.2) is 6.10 Å². The lowest BCUT2D eigenvalue weighted by Gasteiger charge is -2.12. The average molecular weight is 289 g/mol. The zero-order chi connectivity index (χ0) is 14.0. The first-order valence-corrected chi connectivity index (χ1v) is 6.70. The number of hydrogen-bond donors (Lipinski definition) is 1. The van der Waals surface area contributed by atoms with E-state index in [1.54, 1.807) is 22.1 Å². The molecule has 0 bridgehead atoms. The number of aliphatic hydroxyl groups is 1. The van der Waals surface area contributed by atoms with Gasteiger partial charge in [0.2, 0.25) is 0 Å². The molecule has 0 amide bonds. The minimum absolute atomic E-state index is 0.125. The van der Waals surface area contributed by atoms with Crippen LogP contribution in [0.15, 0.2) is 30.6 Å². The summed E-state index contributed by atoms with van der Waals surface area (Å²) in [5.41, 5.74) is -0.125. The molecule has 2 nitrogen and oxygen atoms in total. The molecule has 0 fully saturated rings. The summed E-state index contributed by atoms with van der Waals surface area (Å²) in [5, 5.41) is 9.14. The lowest BCUT2D eigenvalue weighted by Crippen LogP contribution is -2.19. The van der Waals surface area contributed by atoms with Gasteiger partial charge in [0.25, 0.3) is 0 Å². The molecule has 0 aliphatic rings. The number of aliphatic hydroxyl groups excluding tert-OH is 1. The molecule has 1 atom stereocenters. The molecule has 2 aromatic heterocycles. The van der Waals surface area contributed by atoms with Crippen molar-refractivity contribution in [2.45, 2.75) is 32.2 Å². The Morgan fingerprint density at radius 2 is 1.95 bits per heavy atom. The van der Waals surface area contributed by atoms with Gasteiger partial charge < -0.3 is 9.67 Å². The quantitative estimate of drug-likeness (QED) is 0.911. The Hall–Kier alpha value is -1.27. The summed E-state index contributed by atoms with van der Waals surface area (Å²) in [6, 6.07) is 5.30. The first-order chi connectivity index (χ1) is 8.90. The number of halogens is 3. The SMILES string of the molecule is CCc1ccc(Cn2ccc(C(O)C(F)(F)F)c2)s1. The van der Waals surface area contributed by atoms with Crippen molar-refractivity contribution in [2.75, 3.05) is 0 Å². The predicted octanol–water partition coefficient (Wildman–Crippen LogP) is 3.76. The van der Waals surface area contributed by atoms with E-state index in [4.69, 9.17) is 5.11 Å². The van der Waals surface area contributed by atoms with E-state index in [-0.39, 0.29) is 5.56 Å². The van der Waals surface area contributed by atoms with Gasteiger partial charge in [-0.05, 0) is 24.6 Å². The third-order valence-electron chi connectivity index (χ3n) is 2.80. The number of nitrogens with zero attached hydrogens (tertiary/aromatic N) is 1. The Labute approximate surface area is 113 Å². The fourth-order valence-corrected chi connectivity index (χ4v) is 2.75. The van der Waals surface area contributed by atoms with Gasteiger partial charge in [-0.25, -0.2) is 0 Å². The van der Waals surface area contributed by atoms with E-state index in [1.165, 1.54) is 17.1 Å². The first-order valence-electron chi connectivity index (χ1n) is 5.88. The molecule has 19 heavy (non-hydrogen) atoms. The summed E-state index contributed by atoms with van der Waals surface area (Å²) < 4.78 is 38.7. The monoisotopic (exact) mass is 289 g/mol. The van der Waals surface area contributed by atoms with Crippen LogP contribution in [0.1, 0.15) is 28.3 Å². The highest BCUT2D eigenvalue weighted by atomic mass is 32.1. The van der Waals surface area contributed by atoms with E-state index >= 15 is 0 Å². The number of thiophene rings is 1. The largest absolute Gasteiger partial charge is 0.418 e. The van der Waals surface area contributed by atoms with Crippen LogP contribution in [0.3, 0.4) is 0 Å². The summed E-state index contributed by atoms with van der Waals surface area (Å²) >= 11 is 1.65. The molecule has 0 aliphatic carbocycles. The van der Waals surface area contributed by atoms with E-state index < -0.39 is 12.3 Å². The zero-order valence-corrected chi connectivity index (χ0v) is 11.1. The molecule has 1 unspecified atom stereocenters. The molecule has 6 heteroatoms. The molecule has 0 radical (unpaired) electrons. The Kier molecular flexibility index (Phi) is 4.01.